The van der Waals surface area contributed by atoms with Crippen LogP contribution >= 0.6 is 0 Å². The van der Waals surface area contributed by atoms with Crippen molar-refractivity contribution in [1.29, 1.82) is 0 Å². The van der Waals surface area contributed by atoms with E-state index < -0.39 is 10.0 Å². The number of hydrogen-bond donors (Lipinski definition) is 2. The molecular weight excluding hydrogens is 260 g/mol. The second kappa shape index (κ2) is 5.61. The highest BCUT2D eigenvalue weighted by atomic mass is 32.2. The maximum atomic E-state index is 12.3. The highest BCUT2D eigenvalue weighted by Crippen LogP contribution is 2.18. The van der Waals surface area contributed by atoms with Gasteiger partial charge in [-0.15, -0.1) is 0 Å². The van der Waals surface area contributed by atoms with Crippen molar-refractivity contribution in [2.24, 2.45) is 5.92 Å². The number of benzene rings is 1. The molecule has 4 nitrogen and oxygen atoms in total. The molecule has 0 amide bonds. The maximum Gasteiger partial charge on any atom is 0.240 e. The molecule has 2 rings (SSSR count). The first-order valence-electron chi connectivity index (χ1n) is 6.70. The van der Waals surface area contributed by atoms with Gasteiger partial charge < -0.3 is 5.32 Å². The predicted octanol–water partition coefficient (Wildman–Crippen LogP) is 1.58. The molecule has 0 saturated carbocycles. The summed E-state index contributed by atoms with van der Waals surface area (Å²) in [6.07, 6.45) is 1.02. The van der Waals surface area contributed by atoms with Crippen molar-refractivity contribution in [3.05, 3.63) is 29.3 Å². The van der Waals surface area contributed by atoms with Gasteiger partial charge in [-0.3, -0.25) is 0 Å². The van der Waals surface area contributed by atoms with Crippen LogP contribution in [0.15, 0.2) is 23.1 Å². The van der Waals surface area contributed by atoms with Crippen LogP contribution in [0.3, 0.4) is 0 Å². The van der Waals surface area contributed by atoms with Gasteiger partial charge >= 0.3 is 0 Å². The van der Waals surface area contributed by atoms with E-state index in [4.69, 9.17) is 0 Å². The molecule has 2 unspecified atom stereocenters. The Labute approximate surface area is 115 Å². The van der Waals surface area contributed by atoms with Gasteiger partial charge in [0.25, 0.3) is 0 Å². The molecule has 1 fully saturated rings. The van der Waals surface area contributed by atoms with E-state index in [2.05, 4.69) is 10.0 Å². The summed E-state index contributed by atoms with van der Waals surface area (Å²) in [5.41, 5.74) is 2.10. The van der Waals surface area contributed by atoms with Crippen LogP contribution < -0.4 is 10.0 Å². The number of sulfonamides is 1. The number of aryl methyl sites for hydroxylation is 2. The van der Waals surface area contributed by atoms with E-state index in [9.17, 15) is 8.42 Å². The lowest BCUT2D eigenvalue weighted by Crippen LogP contribution is -2.38. The fourth-order valence-corrected chi connectivity index (χ4v) is 3.79. The van der Waals surface area contributed by atoms with Crippen LogP contribution in [-0.2, 0) is 10.0 Å². The molecule has 0 bridgehead atoms. The number of rotatable bonds is 4. The molecule has 1 heterocycles. The lowest BCUT2D eigenvalue weighted by Gasteiger charge is -2.20. The monoisotopic (exact) mass is 282 g/mol. The fraction of sp³-hybridized carbons (Fsp3) is 0.571. The van der Waals surface area contributed by atoms with Crippen molar-refractivity contribution in [2.75, 3.05) is 13.1 Å². The van der Waals surface area contributed by atoms with Crippen LogP contribution in [0.4, 0.5) is 0 Å². The summed E-state index contributed by atoms with van der Waals surface area (Å²) in [4.78, 5) is 0.355. The minimum absolute atomic E-state index is 0.0402. The molecule has 1 aromatic rings. The average Bonchev–Trinajstić information content (AvgIpc) is 2.85. The van der Waals surface area contributed by atoms with Crippen LogP contribution in [0.5, 0.6) is 0 Å². The maximum absolute atomic E-state index is 12.3. The first-order valence-corrected chi connectivity index (χ1v) is 8.19. The summed E-state index contributed by atoms with van der Waals surface area (Å²) in [7, 11) is -3.41. The summed E-state index contributed by atoms with van der Waals surface area (Å²) >= 11 is 0. The lowest BCUT2D eigenvalue weighted by atomic mass is 10.0. The van der Waals surface area contributed by atoms with Gasteiger partial charge in [-0.25, -0.2) is 13.1 Å². The zero-order valence-electron chi connectivity index (χ0n) is 11.7. The SMILES string of the molecule is Cc1ccc(S(=O)(=O)NC(C)C2CCNC2)cc1C. The van der Waals surface area contributed by atoms with E-state index >= 15 is 0 Å². The van der Waals surface area contributed by atoms with Gasteiger partial charge in [0.2, 0.25) is 10.0 Å². The molecule has 1 saturated heterocycles. The molecule has 2 atom stereocenters. The molecule has 0 aromatic heterocycles. The van der Waals surface area contributed by atoms with Crippen LogP contribution in [0.2, 0.25) is 0 Å². The summed E-state index contributed by atoms with van der Waals surface area (Å²) in [5.74, 6) is 0.376. The molecule has 0 spiro atoms. The van der Waals surface area contributed by atoms with Crippen LogP contribution in [0, 0.1) is 19.8 Å². The van der Waals surface area contributed by atoms with Gasteiger partial charge in [-0.05, 0) is 69.5 Å². The minimum atomic E-state index is -3.41. The van der Waals surface area contributed by atoms with E-state index in [1.165, 1.54) is 0 Å². The third-order valence-electron chi connectivity index (χ3n) is 3.94. The smallest absolute Gasteiger partial charge is 0.240 e. The topological polar surface area (TPSA) is 58.2 Å². The Morgan fingerprint density at radius 1 is 1.32 bits per heavy atom. The Morgan fingerprint density at radius 3 is 2.63 bits per heavy atom. The molecule has 1 aliphatic rings. The molecule has 19 heavy (non-hydrogen) atoms. The van der Waals surface area contributed by atoms with E-state index in [1.807, 2.05) is 26.8 Å². The van der Waals surface area contributed by atoms with E-state index in [0.717, 1.165) is 30.6 Å². The van der Waals surface area contributed by atoms with Crippen LogP contribution in [0.1, 0.15) is 24.5 Å². The van der Waals surface area contributed by atoms with Crippen LogP contribution in [0.25, 0.3) is 0 Å². The average molecular weight is 282 g/mol. The third-order valence-corrected chi connectivity index (χ3v) is 5.49. The highest BCUT2D eigenvalue weighted by molar-refractivity contribution is 7.89. The highest BCUT2D eigenvalue weighted by Gasteiger charge is 2.26. The largest absolute Gasteiger partial charge is 0.316 e. The predicted molar refractivity (Wildman–Crippen MR) is 76.7 cm³/mol. The Morgan fingerprint density at radius 2 is 2.05 bits per heavy atom. The second-order valence-corrected chi connectivity index (χ2v) is 7.12. The van der Waals surface area contributed by atoms with Gasteiger partial charge in [0, 0.05) is 6.04 Å². The normalized spacial score (nSPS) is 21.5. The van der Waals surface area contributed by atoms with E-state index in [1.54, 1.807) is 12.1 Å². The number of hydrogen-bond acceptors (Lipinski definition) is 3. The van der Waals surface area contributed by atoms with E-state index in [0.29, 0.717) is 10.8 Å². The van der Waals surface area contributed by atoms with Gasteiger partial charge in [0.15, 0.2) is 0 Å². The Balaban J connectivity index is 2.15. The number of nitrogens with one attached hydrogen (secondary N) is 2. The van der Waals surface area contributed by atoms with Crippen molar-refractivity contribution in [3.63, 3.8) is 0 Å². The first-order chi connectivity index (χ1) is 8.90. The quantitative estimate of drug-likeness (QED) is 0.881. The molecule has 0 radical (unpaired) electrons. The van der Waals surface area contributed by atoms with Crippen molar-refractivity contribution < 1.29 is 8.42 Å². The standard InChI is InChI=1S/C14H22N2O2S/c1-10-4-5-14(8-11(10)2)19(17,18)16-12(3)13-6-7-15-9-13/h4-5,8,12-13,15-16H,6-7,9H2,1-3H3. The zero-order chi connectivity index (χ0) is 14.0. The van der Waals surface area contributed by atoms with Gasteiger partial charge in [-0.1, -0.05) is 6.07 Å². The van der Waals surface area contributed by atoms with Crippen molar-refractivity contribution in [3.8, 4) is 0 Å². The van der Waals surface area contributed by atoms with Gasteiger partial charge in [0.1, 0.15) is 0 Å². The zero-order valence-corrected chi connectivity index (χ0v) is 12.5. The fourth-order valence-electron chi connectivity index (χ4n) is 2.39. The minimum Gasteiger partial charge on any atom is -0.316 e. The van der Waals surface area contributed by atoms with Crippen molar-refractivity contribution in [2.45, 2.75) is 38.1 Å². The van der Waals surface area contributed by atoms with Crippen molar-refractivity contribution in [1.82, 2.24) is 10.0 Å². The van der Waals surface area contributed by atoms with Crippen molar-refractivity contribution >= 4 is 10.0 Å². The molecular formula is C14H22N2O2S. The molecule has 1 aliphatic heterocycles. The van der Waals surface area contributed by atoms with Gasteiger partial charge in [0.05, 0.1) is 4.90 Å². The second-order valence-electron chi connectivity index (χ2n) is 5.41. The third kappa shape index (κ3) is 3.35. The summed E-state index contributed by atoms with van der Waals surface area (Å²) in [6, 6.07) is 5.22. The lowest BCUT2D eigenvalue weighted by molar-refractivity contribution is 0.444. The molecule has 5 heteroatoms. The Bertz CT molecular complexity index is 549. The Kier molecular flexibility index (Phi) is 4.28. The first kappa shape index (κ1) is 14.5. The van der Waals surface area contributed by atoms with Gasteiger partial charge in [-0.2, -0.15) is 0 Å². The van der Waals surface area contributed by atoms with E-state index in [-0.39, 0.29) is 6.04 Å². The van der Waals surface area contributed by atoms with Crippen LogP contribution in [-0.4, -0.2) is 27.5 Å². The Hall–Kier alpha value is -0.910. The molecule has 106 valence electrons. The summed E-state index contributed by atoms with van der Waals surface area (Å²) < 4.78 is 27.5. The summed E-state index contributed by atoms with van der Waals surface area (Å²) in [6.45, 7) is 7.71. The molecule has 0 aliphatic carbocycles. The molecule has 2 N–H and O–H groups in total. The molecule has 1 aromatic carbocycles. The summed E-state index contributed by atoms with van der Waals surface area (Å²) in [5, 5.41) is 3.26.